The first kappa shape index (κ1) is 37.3. The van der Waals surface area contributed by atoms with E-state index < -0.39 is 0 Å². The van der Waals surface area contributed by atoms with Gasteiger partial charge in [-0.3, -0.25) is 0 Å². The van der Waals surface area contributed by atoms with E-state index in [0.717, 1.165) is 60.3 Å². The van der Waals surface area contributed by atoms with E-state index in [1.165, 1.54) is 53.0 Å². The van der Waals surface area contributed by atoms with Crippen LogP contribution in [0.2, 0.25) is 0 Å². The van der Waals surface area contributed by atoms with Gasteiger partial charge in [-0.2, -0.15) is 0 Å². The predicted molar refractivity (Wildman–Crippen MR) is 275 cm³/mol. The summed E-state index contributed by atoms with van der Waals surface area (Å²) in [6.45, 7) is 0. The van der Waals surface area contributed by atoms with Crippen LogP contribution in [0.5, 0.6) is 0 Å². The average molecular weight is 844 g/mol. The normalized spacial score (nSPS) is 11.7. The van der Waals surface area contributed by atoms with Gasteiger partial charge in [-0.15, -0.1) is 11.3 Å². The Morgan fingerprint density at radius 3 is 1.58 bits per heavy atom. The molecule has 0 aliphatic rings. The summed E-state index contributed by atoms with van der Waals surface area (Å²) in [7, 11) is 0. The van der Waals surface area contributed by atoms with Crippen molar-refractivity contribution in [1.29, 1.82) is 0 Å². The second-order valence-corrected chi connectivity index (χ2v) is 17.8. The van der Waals surface area contributed by atoms with Gasteiger partial charge in [0.1, 0.15) is 0 Å². The van der Waals surface area contributed by atoms with Gasteiger partial charge in [0.15, 0.2) is 17.5 Å². The van der Waals surface area contributed by atoms with Crippen molar-refractivity contribution in [2.24, 2.45) is 0 Å². The molecule has 2 heterocycles. The van der Waals surface area contributed by atoms with E-state index in [2.05, 4.69) is 224 Å². The molecule has 302 valence electrons. The minimum absolute atomic E-state index is 0.622. The second kappa shape index (κ2) is 15.2. The maximum absolute atomic E-state index is 5.45. The van der Waals surface area contributed by atoms with Crippen LogP contribution in [0.4, 0.5) is 0 Å². The molecule has 4 heteroatoms. The van der Waals surface area contributed by atoms with Crippen molar-refractivity contribution in [3.05, 3.63) is 224 Å². The quantitative estimate of drug-likeness (QED) is 0.167. The van der Waals surface area contributed by atoms with Gasteiger partial charge in [0.2, 0.25) is 0 Å². The van der Waals surface area contributed by atoms with E-state index in [0.29, 0.717) is 17.5 Å². The SMILES string of the molecule is c1ccc(-c2ccc3cccc(-c4nc(-c5cc(-c6cccc7ccccc67)c6ccccc6c5)nc(-c5ccc(-c6ccc7c(c6)sc6ccccc67)c6ccccc56)n4)c3c2)cc1. The first-order valence-electron chi connectivity index (χ1n) is 22.0. The smallest absolute Gasteiger partial charge is 0.164 e. The summed E-state index contributed by atoms with van der Waals surface area (Å²) < 4.78 is 2.59. The molecule has 0 amide bonds. The number of hydrogen-bond acceptors (Lipinski definition) is 4. The summed E-state index contributed by atoms with van der Waals surface area (Å²) in [5.74, 6) is 1.88. The second-order valence-electron chi connectivity index (χ2n) is 16.7. The minimum Gasteiger partial charge on any atom is -0.208 e. The maximum atomic E-state index is 5.45. The van der Waals surface area contributed by atoms with Crippen LogP contribution in [-0.2, 0) is 0 Å². The zero-order valence-corrected chi connectivity index (χ0v) is 35.9. The van der Waals surface area contributed by atoms with Crippen molar-refractivity contribution >= 4 is 74.6 Å². The number of fused-ring (bicyclic) bond motifs is 7. The van der Waals surface area contributed by atoms with E-state index in [1.54, 1.807) is 0 Å². The van der Waals surface area contributed by atoms with Crippen molar-refractivity contribution in [2.75, 3.05) is 0 Å². The fourth-order valence-corrected chi connectivity index (χ4v) is 10.9. The van der Waals surface area contributed by atoms with Crippen molar-refractivity contribution < 1.29 is 0 Å². The molecule has 0 radical (unpaired) electrons. The fraction of sp³-hybridized carbons (Fsp3) is 0. The van der Waals surface area contributed by atoms with Gasteiger partial charge < -0.3 is 0 Å². The van der Waals surface area contributed by atoms with E-state index in [4.69, 9.17) is 15.0 Å². The average Bonchev–Trinajstić information content (AvgIpc) is 3.75. The summed E-state index contributed by atoms with van der Waals surface area (Å²) in [4.78, 5) is 16.3. The lowest BCUT2D eigenvalue weighted by Crippen LogP contribution is -2.01. The molecule has 11 aromatic carbocycles. The molecule has 65 heavy (non-hydrogen) atoms. The van der Waals surface area contributed by atoms with Gasteiger partial charge in [0.05, 0.1) is 0 Å². The van der Waals surface area contributed by atoms with Gasteiger partial charge in [-0.1, -0.05) is 188 Å². The predicted octanol–water partition coefficient (Wildman–Crippen LogP) is 16.9. The molecule has 0 saturated heterocycles. The number of benzene rings is 11. The Bertz CT molecular complexity index is 4010. The topological polar surface area (TPSA) is 38.7 Å². The van der Waals surface area contributed by atoms with Crippen molar-refractivity contribution in [3.63, 3.8) is 0 Å². The Hall–Kier alpha value is -8.31. The van der Waals surface area contributed by atoms with Crippen molar-refractivity contribution in [2.45, 2.75) is 0 Å². The van der Waals surface area contributed by atoms with Crippen LogP contribution in [0.15, 0.2) is 224 Å². The van der Waals surface area contributed by atoms with E-state index in [9.17, 15) is 0 Å². The molecule has 3 nitrogen and oxygen atoms in total. The van der Waals surface area contributed by atoms with Crippen LogP contribution in [0.1, 0.15) is 0 Å². The summed E-state index contributed by atoms with van der Waals surface area (Å²) in [5, 5.41) is 11.8. The third-order valence-corrected chi connectivity index (χ3v) is 14.1. The maximum Gasteiger partial charge on any atom is 0.164 e. The highest BCUT2D eigenvalue weighted by Crippen LogP contribution is 2.42. The van der Waals surface area contributed by atoms with Gasteiger partial charge in [-0.25, -0.2) is 15.0 Å². The first-order valence-corrected chi connectivity index (χ1v) is 22.8. The lowest BCUT2D eigenvalue weighted by Gasteiger charge is -2.15. The molecular formula is C61H37N3S. The molecule has 0 unspecified atom stereocenters. The summed E-state index contributed by atoms with van der Waals surface area (Å²) in [6.07, 6.45) is 0. The molecule has 0 atom stereocenters. The molecule has 0 aliphatic heterocycles. The third-order valence-electron chi connectivity index (χ3n) is 12.9. The van der Waals surface area contributed by atoms with E-state index in [1.807, 2.05) is 11.3 Å². The first-order chi connectivity index (χ1) is 32.2. The Labute approximate surface area is 379 Å². The Morgan fingerprint density at radius 2 is 0.785 bits per heavy atom. The number of thiophene rings is 1. The number of rotatable bonds is 6. The number of hydrogen-bond donors (Lipinski definition) is 0. The lowest BCUT2D eigenvalue weighted by molar-refractivity contribution is 1.08. The Morgan fingerprint density at radius 1 is 0.231 bits per heavy atom. The Balaban J connectivity index is 1.05. The largest absolute Gasteiger partial charge is 0.208 e. The lowest BCUT2D eigenvalue weighted by atomic mass is 9.92. The minimum atomic E-state index is 0.622. The highest BCUT2D eigenvalue weighted by Gasteiger charge is 2.20. The molecule has 0 spiro atoms. The van der Waals surface area contributed by atoms with Crippen molar-refractivity contribution in [3.8, 4) is 67.5 Å². The zero-order chi connectivity index (χ0) is 42.8. The van der Waals surface area contributed by atoms with Crippen LogP contribution in [0.25, 0.3) is 131 Å². The highest BCUT2D eigenvalue weighted by molar-refractivity contribution is 7.25. The number of aromatic nitrogens is 3. The summed E-state index contributed by atoms with van der Waals surface area (Å²) in [6, 6.07) is 80.6. The van der Waals surface area contributed by atoms with Crippen LogP contribution in [-0.4, -0.2) is 15.0 Å². The third kappa shape index (κ3) is 6.37. The number of nitrogens with zero attached hydrogens (tertiary/aromatic N) is 3. The summed E-state index contributed by atoms with van der Waals surface area (Å²) in [5.41, 5.74) is 9.83. The van der Waals surface area contributed by atoms with Crippen molar-refractivity contribution in [1.82, 2.24) is 15.0 Å². The monoisotopic (exact) mass is 843 g/mol. The molecule has 0 N–H and O–H groups in total. The fourth-order valence-electron chi connectivity index (χ4n) is 9.79. The van der Waals surface area contributed by atoms with Gasteiger partial charge >= 0.3 is 0 Å². The molecule has 0 saturated carbocycles. The molecule has 2 aromatic heterocycles. The van der Waals surface area contributed by atoms with Gasteiger partial charge in [0, 0.05) is 36.9 Å². The standard InChI is InChI=1S/C61H37N3S/c1-2-14-38(15-3-1)41-29-28-40-19-13-26-53(55(40)35-41)60-62-59(44-34-42-17-5-7-21-46(42)56(36-44)49-25-12-18-39-16-4-6-20-45(39)49)63-61(64-60)54-33-32-47(48-22-8-9-23-50(48)54)43-30-31-52-51-24-10-11-27-57(51)65-58(52)37-43/h1-37H. The highest BCUT2D eigenvalue weighted by atomic mass is 32.1. The zero-order valence-electron chi connectivity index (χ0n) is 35.1. The molecule has 0 fully saturated rings. The van der Waals surface area contributed by atoms with E-state index >= 15 is 0 Å². The molecule has 13 aromatic rings. The molecule has 0 aliphatic carbocycles. The van der Waals surface area contributed by atoms with Gasteiger partial charge in [0.25, 0.3) is 0 Å². The molecular weight excluding hydrogens is 807 g/mol. The summed E-state index contributed by atoms with van der Waals surface area (Å²) >= 11 is 1.85. The van der Waals surface area contributed by atoms with Crippen LogP contribution in [0, 0.1) is 0 Å². The Kier molecular flexibility index (Phi) is 8.71. The van der Waals surface area contributed by atoms with Crippen LogP contribution >= 0.6 is 11.3 Å². The molecule has 0 bridgehead atoms. The van der Waals surface area contributed by atoms with Gasteiger partial charge in [-0.05, 0) is 113 Å². The van der Waals surface area contributed by atoms with Crippen LogP contribution in [0.3, 0.4) is 0 Å². The molecule has 13 rings (SSSR count). The van der Waals surface area contributed by atoms with E-state index in [-0.39, 0.29) is 0 Å². The van der Waals surface area contributed by atoms with Crippen LogP contribution < -0.4 is 0 Å².